The van der Waals surface area contributed by atoms with Gasteiger partial charge in [-0.3, -0.25) is 9.36 Å². The van der Waals surface area contributed by atoms with Crippen molar-refractivity contribution in [2.45, 2.75) is 44.8 Å². The monoisotopic (exact) mass is 377 g/mol. The van der Waals surface area contributed by atoms with E-state index in [1.807, 2.05) is 6.92 Å². The quantitative estimate of drug-likeness (QED) is 0.728. The van der Waals surface area contributed by atoms with Crippen molar-refractivity contribution < 1.29 is 24.1 Å². The number of hydrogen-bond acceptors (Lipinski definition) is 6. The van der Waals surface area contributed by atoms with Crippen LogP contribution in [0.3, 0.4) is 0 Å². The zero-order valence-corrected chi connectivity index (χ0v) is 14.8. The van der Waals surface area contributed by atoms with Gasteiger partial charge < -0.3 is 20.3 Å². The summed E-state index contributed by atoms with van der Waals surface area (Å²) in [6, 6.07) is 6.75. The van der Waals surface area contributed by atoms with Gasteiger partial charge in [0.05, 0.1) is 12.3 Å². The van der Waals surface area contributed by atoms with E-state index in [0.717, 1.165) is 22.7 Å². The fraction of sp³-hybridized carbons (Fsp3) is 0.389. The number of amides is 1. The van der Waals surface area contributed by atoms with Crippen LogP contribution in [0.25, 0.3) is 0 Å². The summed E-state index contributed by atoms with van der Waals surface area (Å²) < 4.78 is 20.4. The van der Waals surface area contributed by atoms with Crippen molar-refractivity contribution in [1.29, 1.82) is 0 Å². The van der Waals surface area contributed by atoms with Crippen molar-refractivity contribution in [3.63, 3.8) is 0 Å². The van der Waals surface area contributed by atoms with Crippen LogP contribution < -0.4 is 11.0 Å². The van der Waals surface area contributed by atoms with E-state index in [9.17, 15) is 24.2 Å². The smallest absolute Gasteiger partial charge is 0.351 e. The number of halogens is 1. The third-order valence-corrected chi connectivity index (χ3v) is 4.51. The van der Waals surface area contributed by atoms with Gasteiger partial charge >= 0.3 is 5.69 Å². The summed E-state index contributed by atoms with van der Waals surface area (Å²) in [7, 11) is 0. The highest BCUT2D eigenvalue weighted by atomic mass is 19.1. The van der Waals surface area contributed by atoms with Crippen LogP contribution >= 0.6 is 0 Å². The Morgan fingerprint density at radius 3 is 2.52 bits per heavy atom. The molecule has 0 radical (unpaired) electrons. The number of ether oxygens (including phenoxy) is 1. The number of aromatic nitrogens is 2. The van der Waals surface area contributed by atoms with Crippen LogP contribution in [0, 0.1) is 5.82 Å². The molecule has 1 fully saturated rings. The Kier molecular flexibility index (Phi) is 5.36. The van der Waals surface area contributed by atoms with Gasteiger partial charge in [-0.25, -0.2) is 9.18 Å². The lowest BCUT2D eigenvalue weighted by molar-refractivity contribution is -0.0355. The Morgan fingerprint density at radius 2 is 1.96 bits per heavy atom. The molecule has 3 N–H and O–H groups in total. The van der Waals surface area contributed by atoms with E-state index in [4.69, 9.17) is 4.74 Å². The van der Waals surface area contributed by atoms with Gasteiger partial charge in [0.1, 0.15) is 12.2 Å². The average Bonchev–Trinajstić information content (AvgIpc) is 2.91. The van der Waals surface area contributed by atoms with Crippen LogP contribution in [-0.2, 0) is 11.2 Å². The predicted octanol–water partition coefficient (Wildman–Crippen LogP) is 0.836. The predicted molar refractivity (Wildman–Crippen MR) is 93.8 cm³/mol. The molecule has 8 nitrogen and oxygen atoms in total. The maximum Gasteiger partial charge on any atom is 0.351 e. The summed E-state index contributed by atoms with van der Waals surface area (Å²) in [5, 5.41) is 21.9. The molecular formula is C18H20FN3O5. The molecule has 1 aromatic carbocycles. The van der Waals surface area contributed by atoms with Crippen LogP contribution in [0.15, 0.2) is 35.3 Å². The number of benzene rings is 1. The number of aliphatic hydroxyl groups is 2. The summed E-state index contributed by atoms with van der Waals surface area (Å²) in [6.45, 7) is 3.50. The van der Waals surface area contributed by atoms with E-state index in [-0.39, 0.29) is 0 Å². The Bertz CT molecular complexity index is 899. The van der Waals surface area contributed by atoms with E-state index in [0.29, 0.717) is 5.56 Å². The fourth-order valence-electron chi connectivity index (χ4n) is 2.84. The number of hydrogen-bond donors (Lipinski definition) is 3. The Balaban J connectivity index is 1.82. The molecule has 144 valence electrons. The molecule has 0 spiro atoms. The van der Waals surface area contributed by atoms with E-state index < -0.39 is 47.8 Å². The first kappa shape index (κ1) is 19.2. The molecule has 2 aromatic rings. The minimum atomic E-state index is -1.41. The number of anilines is 1. The van der Waals surface area contributed by atoms with Gasteiger partial charge in [-0.15, -0.1) is 0 Å². The van der Waals surface area contributed by atoms with E-state index in [1.165, 1.54) is 6.92 Å². The number of aryl methyl sites for hydroxylation is 1. The van der Waals surface area contributed by atoms with E-state index >= 15 is 0 Å². The molecule has 0 aliphatic carbocycles. The summed E-state index contributed by atoms with van der Waals surface area (Å²) in [5.41, 5.74) is 0.410. The summed E-state index contributed by atoms with van der Waals surface area (Å²) in [4.78, 5) is 28.0. The Morgan fingerprint density at radius 1 is 1.30 bits per heavy atom. The molecule has 27 heavy (non-hydrogen) atoms. The summed E-state index contributed by atoms with van der Waals surface area (Å²) >= 11 is 0. The van der Waals surface area contributed by atoms with Gasteiger partial charge in [-0.2, -0.15) is 4.98 Å². The molecule has 1 saturated heterocycles. The lowest BCUT2D eigenvalue weighted by Crippen LogP contribution is -2.36. The number of carbonyl (C=O) groups excluding carboxylic acids is 1. The number of carbonyl (C=O) groups is 1. The van der Waals surface area contributed by atoms with Gasteiger partial charge in [0.2, 0.25) is 0 Å². The van der Waals surface area contributed by atoms with Crippen molar-refractivity contribution in [3.05, 3.63) is 57.9 Å². The second-order valence-electron chi connectivity index (χ2n) is 6.34. The van der Waals surface area contributed by atoms with Crippen molar-refractivity contribution in [3.8, 4) is 0 Å². The highest BCUT2D eigenvalue weighted by Gasteiger charge is 2.42. The molecule has 3 rings (SSSR count). The van der Waals surface area contributed by atoms with Crippen molar-refractivity contribution >= 4 is 11.7 Å². The number of aliphatic hydroxyl groups excluding tert-OH is 2. The SMILES string of the molecule is CCc1ccc(C(=O)Nc2nc(=O)n([C@@H]3O[C@H](C)C(O)C3O)cc2F)cc1. The molecule has 9 heteroatoms. The Labute approximate surface area is 154 Å². The van der Waals surface area contributed by atoms with Crippen molar-refractivity contribution in [1.82, 2.24) is 9.55 Å². The van der Waals surface area contributed by atoms with Crippen LogP contribution in [0.2, 0.25) is 0 Å². The lowest BCUT2D eigenvalue weighted by Gasteiger charge is -2.17. The molecule has 0 saturated carbocycles. The fourth-order valence-corrected chi connectivity index (χ4v) is 2.84. The maximum absolute atomic E-state index is 14.4. The third kappa shape index (κ3) is 3.75. The van der Waals surface area contributed by atoms with Gasteiger partial charge in [-0.1, -0.05) is 19.1 Å². The van der Waals surface area contributed by atoms with Crippen LogP contribution in [-0.4, -0.2) is 44.0 Å². The Hall–Kier alpha value is -2.62. The van der Waals surface area contributed by atoms with E-state index in [1.54, 1.807) is 24.3 Å². The highest BCUT2D eigenvalue weighted by Crippen LogP contribution is 2.28. The first-order valence-corrected chi connectivity index (χ1v) is 8.52. The number of rotatable bonds is 4. The number of nitrogens with zero attached hydrogens (tertiary/aromatic N) is 2. The normalized spacial score (nSPS) is 24.8. The zero-order valence-electron chi connectivity index (χ0n) is 14.8. The van der Waals surface area contributed by atoms with Gasteiger partial charge in [0.25, 0.3) is 5.91 Å². The van der Waals surface area contributed by atoms with Crippen molar-refractivity contribution in [2.24, 2.45) is 0 Å². The van der Waals surface area contributed by atoms with Crippen LogP contribution in [0.4, 0.5) is 10.2 Å². The number of nitrogens with one attached hydrogen (secondary N) is 1. The van der Waals surface area contributed by atoms with Crippen LogP contribution in [0.5, 0.6) is 0 Å². The zero-order chi connectivity index (χ0) is 19.7. The molecule has 2 heterocycles. The second kappa shape index (κ2) is 7.55. The van der Waals surface area contributed by atoms with E-state index in [2.05, 4.69) is 10.3 Å². The molecule has 4 atom stereocenters. The van der Waals surface area contributed by atoms with Gasteiger partial charge in [-0.05, 0) is 31.0 Å². The molecule has 2 unspecified atom stereocenters. The van der Waals surface area contributed by atoms with Gasteiger partial charge in [0.15, 0.2) is 17.9 Å². The molecule has 1 aliphatic heterocycles. The molecule has 1 aliphatic rings. The average molecular weight is 377 g/mol. The molecule has 1 aromatic heterocycles. The lowest BCUT2D eigenvalue weighted by atomic mass is 10.1. The largest absolute Gasteiger partial charge is 0.388 e. The summed E-state index contributed by atoms with van der Waals surface area (Å²) in [6.07, 6.45) is -3.02. The molecule has 1 amide bonds. The van der Waals surface area contributed by atoms with Crippen molar-refractivity contribution in [2.75, 3.05) is 5.32 Å². The minimum Gasteiger partial charge on any atom is -0.388 e. The topological polar surface area (TPSA) is 114 Å². The minimum absolute atomic E-state index is 0.295. The maximum atomic E-state index is 14.4. The standard InChI is InChI=1S/C18H20FN3O5/c1-3-10-4-6-11(7-5-10)16(25)20-15-12(19)8-22(18(26)21-15)17-14(24)13(23)9(2)27-17/h4-9,13-14,17,23-24H,3H2,1-2H3,(H,20,21,25,26)/t9-,13?,14?,17-/m1/s1. The first-order chi connectivity index (χ1) is 12.8. The van der Waals surface area contributed by atoms with Crippen LogP contribution in [0.1, 0.15) is 36.0 Å². The first-order valence-electron chi connectivity index (χ1n) is 8.52. The highest BCUT2D eigenvalue weighted by molar-refractivity contribution is 6.03. The van der Waals surface area contributed by atoms with Gasteiger partial charge in [0, 0.05) is 5.56 Å². The second-order valence-corrected chi connectivity index (χ2v) is 6.34. The summed E-state index contributed by atoms with van der Waals surface area (Å²) in [5.74, 6) is -2.11. The molecular weight excluding hydrogens is 357 g/mol. The molecule has 0 bridgehead atoms. The third-order valence-electron chi connectivity index (χ3n) is 4.51.